The molecule has 2 aromatic rings. The predicted molar refractivity (Wildman–Crippen MR) is 85.0 cm³/mol. The highest BCUT2D eigenvalue weighted by Crippen LogP contribution is 2.28. The summed E-state index contributed by atoms with van der Waals surface area (Å²) in [6.45, 7) is 1.60. The molecule has 0 bridgehead atoms. The first kappa shape index (κ1) is 17.8. The fraction of sp³-hybridized carbons (Fsp3) is 0.188. The first-order valence-corrected chi connectivity index (χ1v) is 7.26. The van der Waals surface area contributed by atoms with E-state index in [-0.39, 0.29) is 10.6 Å². The van der Waals surface area contributed by atoms with E-state index in [2.05, 4.69) is 0 Å². The Morgan fingerprint density at radius 3 is 2.46 bits per heavy atom. The molecule has 1 atom stereocenters. The molecule has 0 saturated carbocycles. The molecule has 0 saturated heterocycles. The number of carbonyl (C=O) groups excluding carboxylic acids is 1. The summed E-state index contributed by atoms with van der Waals surface area (Å²) in [6.07, 6.45) is 0. The van der Waals surface area contributed by atoms with Gasteiger partial charge in [0.1, 0.15) is 5.56 Å². The number of halogens is 3. The minimum absolute atomic E-state index is 0.134. The van der Waals surface area contributed by atoms with E-state index in [4.69, 9.17) is 11.6 Å². The van der Waals surface area contributed by atoms with E-state index < -0.39 is 34.2 Å². The van der Waals surface area contributed by atoms with Crippen LogP contribution < -0.4 is 0 Å². The lowest BCUT2D eigenvalue weighted by Crippen LogP contribution is -2.30. The first-order valence-electron chi connectivity index (χ1n) is 6.88. The van der Waals surface area contributed by atoms with Crippen molar-refractivity contribution in [1.29, 1.82) is 0 Å². The molecule has 1 amide bonds. The van der Waals surface area contributed by atoms with Gasteiger partial charge < -0.3 is 4.90 Å². The molecule has 2 aromatic carbocycles. The van der Waals surface area contributed by atoms with Gasteiger partial charge in [-0.1, -0.05) is 17.7 Å². The van der Waals surface area contributed by atoms with E-state index in [0.29, 0.717) is 5.56 Å². The van der Waals surface area contributed by atoms with E-state index in [1.807, 2.05) is 0 Å². The van der Waals surface area contributed by atoms with Gasteiger partial charge in [-0.2, -0.15) is 0 Å². The standard InChI is InChI=1S/C16H13ClF2N2O3/c1-9(10-3-6-13(18)14(19)7-10)20(2)16(22)12-5-4-11(17)8-15(12)21(23)24/h3-9H,1-2H3. The Morgan fingerprint density at radius 1 is 1.21 bits per heavy atom. The maximum Gasteiger partial charge on any atom is 0.283 e. The molecule has 0 heterocycles. The molecule has 0 N–H and O–H groups in total. The summed E-state index contributed by atoms with van der Waals surface area (Å²) in [4.78, 5) is 24.2. The molecular weight excluding hydrogens is 342 g/mol. The molecule has 2 rings (SSSR count). The van der Waals surface area contributed by atoms with Gasteiger partial charge in [-0.25, -0.2) is 8.78 Å². The second-order valence-corrected chi connectivity index (χ2v) is 5.62. The number of amides is 1. The highest BCUT2D eigenvalue weighted by atomic mass is 35.5. The molecule has 0 fully saturated rings. The molecule has 0 aliphatic heterocycles. The highest BCUT2D eigenvalue weighted by Gasteiger charge is 2.26. The van der Waals surface area contributed by atoms with Crippen molar-refractivity contribution < 1.29 is 18.5 Å². The number of carbonyl (C=O) groups is 1. The van der Waals surface area contributed by atoms with Gasteiger partial charge >= 0.3 is 0 Å². The summed E-state index contributed by atoms with van der Waals surface area (Å²) in [7, 11) is 1.42. The number of rotatable bonds is 4. The van der Waals surface area contributed by atoms with Gasteiger partial charge in [-0.15, -0.1) is 0 Å². The van der Waals surface area contributed by atoms with Gasteiger partial charge in [0.2, 0.25) is 0 Å². The van der Waals surface area contributed by atoms with Crippen molar-refractivity contribution >= 4 is 23.2 Å². The second-order valence-electron chi connectivity index (χ2n) is 5.18. The summed E-state index contributed by atoms with van der Waals surface area (Å²) in [5.41, 5.74) is -0.195. The van der Waals surface area contributed by atoms with Crippen LogP contribution in [0.4, 0.5) is 14.5 Å². The van der Waals surface area contributed by atoms with Crippen molar-refractivity contribution in [3.05, 3.63) is 74.3 Å². The molecule has 5 nitrogen and oxygen atoms in total. The summed E-state index contributed by atoms with van der Waals surface area (Å²) in [5, 5.41) is 11.2. The van der Waals surface area contributed by atoms with E-state index in [1.54, 1.807) is 6.92 Å². The van der Waals surface area contributed by atoms with Crippen LogP contribution in [0.3, 0.4) is 0 Å². The van der Waals surface area contributed by atoms with Crippen molar-refractivity contribution in [2.45, 2.75) is 13.0 Å². The molecular formula is C16H13ClF2N2O3. The third-order valence-electron chi connectivity index (χ3n) is 3.71. The quantitative estimate of drug-likeness (QED) is 0.605. The SMILES string of the molecule is CC(c1ccc(F)c(F)c1)N(C)C(=O)c1ccc(Cl)cc1[N+](=O)[O-]. The molecule has 0 radical (unpaired) electrons. The van der Waals surface area contributed by atoms with Crippen LogP contribution in [0.15, 0.2) is 36.4 Å². The number of hydrogen-bond donors (Lipinski definition) is 0. The zero-order chi connectivity index (χ0) is 18.0. The number of nitrogens with zero attached hydrogens (tertiary/aromatic N) is 2. The van der Waals surface area contributed by atoms with E-state index >= 15 is 0 Å². The smallest absolute Gasteiger partial charge is 0.283 e. The number of benzene rings is 2. The predicted octanol–water partition coefficient (Wildman–Crippen LogP) is 4.36. The second kappa shape index (κ2) is 6.92. The maximum atomic E-state index is 13.4. The van der Waals surface area contributed by atoms with Crippen LogP contribution in [0.1, 0.15) is 28.9 Å². The largest absolute Gasteiger partial charge is 0.335 e. The van der Waals surface area contributed by atoms with Crippen LogP contribution in [0.25, 0.3) is 0 Å². The minimum atomic E-state index is -1.03. The number of nitro groups is 1. The first-order chi connectivity index (χ1) is 11.2. The average molecular weight is 355 g/mol. The maximum absolute atomic E-state index is 13.4. The van der Waals surface area contributed by atoms with Gasteiger partial charge in [0.05, 0.1) is 11.0 Å². The molecule has 0 aromatic heterocycles. The van der Waals surface area contributed by atoms with Crippen LogP contribution in [0, 0.1) is 21.7 Å². The molecule has 1 unspecified atom stereocenters. The fourth-order valence-electron chi connectivity index (χ4n) is 2.20. The van der Waals surface area contributed by atoms with Crippen LogP contribution in [-0.2, 0) is 0 Å². The third-order valence-corrected chi connectivity index (χ3v) is 3.95. The Labute approximate surface area is 141 Å². The van der Waals surface area contributed by atoms with E-state index in [9.17, 15) is 23.7 Å². The minimum Gasteiger partial charge on any atom is -0.335 e. The van der Waals surface area contributed by atoms with Crippen molar-refractivity contribution in [3.8, 4) is 0 Å². The van der Waals surface area contributed by atoms with Crippen molar-refractivity contribution in [1.82, 2.24) is 4.90 Å². The lowest BCUT2D eigenvalue weighted by Gasteiger charge is -2.25. The van der Waals surface area contributed by atoms with Gasteiger partial charge in [0.25, 0.3) is 11.6 Å². The third kappa shape index (κ3) is 3.51. The fourth-order valence-corrected chi connectivity index (χ4v) is 2.36. The van der Waals surface area contributed by atoms with Crippen LogP contribution >= 0.6 is 11.6 Å². The summed E-state index contributed by atoms with van der Waals surface area (Å²) >= 11 is 5.73. The van der Waals surface area contributed by atoms with E-state index in [0.717, 1.165) is 18.2 Å². The molecule has 24 heavy (non-hydrogen) atoms. The zero-order valence-corrected chi connectivity index (χ0v) is 13.6. The summed E-state index contributed by atoms with van der Waals surface area (Å²) in [5.74, 6) is -2.65. The Balaban J connectivity index is 2.35. The van der Waals surface area contributed by atoms with E-state index in [1.165, 1.54) is 30.1 Å². The Kier molecular flexibility index (Phi) is 5.14. The van der Waals surface area contributed by atoms with Crippen molar-refractivity contribution in [3.63, 3.8) is 0 Å². The Morgan fingerprint density at radius 2 is 1.88 bits per heavy atom. The van der Waals surface area contributed by atoms with Gasteiger partial charge in [-0.3, -0.25) is 14.9 Å². The Hall–Kier alpha value is -2.54. The normalized spacial score (nSPS) is 11.9. The summed E-state index contributed by atoms with van der Waals surface area (Å²) in [6, 6.07) is 6.40. The van der Waals surface area contributed by atoms with Gasteiger partial charge in [-0.05, 0) is 36.8 Å². The average Bonchev–Trinajstić information content (AvgIpc) is 2.55. The van der Waals surface area contributed by atoms with Crippen molar-refractivity contribution in [2.75, 3.05) is 7.05 Å². The molecule has 0 aliphatic rings. The lowest BCUT2D eigenvalue weighted by molar-refractivity contribution is -0.385. The highest BCUT2D eigenvalue weighted by molar-refractivity contribution is 6.31. The lowest BCUT2D eigenvalue weighted by atomic mass is 10.1. The summed E-state index contributed by atoms with van der Waals surface area (Å²) < 4.78 is 26.4. The number of hydrogen-bond acceptors (Lipinski definition) is 3. The van der Waals surface area contributed by atoms with Crippen LogP contribution in [0.2, 0.25) is 5.02 Å². The van der Waals surface area contributed by atoms with Gasteiger partial charge in [0.15, 0.2) is 11.6 Å². The van der Waals surface area contributed by atoms with Crippen molar-refractivity contribution in [2.24, 2.45) is 0 Å². The zero-order valence-electron chi connectivity index (χ0n) is 12.8. The monoisotopic (exact) mass is 354 g/mol. The van der Waals surface area contributed by atoms with Gasteiger partial charge in [0, 0.05) is 18.1 Å². The molecule has 0 aliphatic carbocycles. The number of nitro benzene ring substituents is 1. The molecule has 126 valence electrons. The molecule has 8 heteroatoms. The Bertz CT molecular complexity index is 814. The topological polar surface area (TPSA) is 63.5 Å². The van der Waals surface area contributed by atoms with Crippen LogP contribution in [-0.4, -0.2) is 22.8 Å². The molecule has 0 spiro atoms. The van der Waals surface area contributed by atoms with Crippen LogP contribution in [0.5, 0.6) is 0 Å².